The molecular formula is C19H21N5O2S. The molecule has 0 radical (unpaired) electrons. The average Bonchev–Trinajstić information content (AvgIpc) is 3.14. The Balaban J connectivity index is 1.25. The van der Waals surface area contributed by atoms with Crippen LogP contribution >= 0.6 is 11.3 Å². The third-order valence-corrected chi connectivity index (χ3v) is 5.59. The highest BCUT2D eigenvalue weighted by atomic mass is 32.1. The van der Waals surface area contributed by atoms with Gasteiger partial charge in [-0.15, -0.1) is 16.4 Å². The molecule has 3 heterocycles. The molecule has 140 valence electrons. The summed E-state index contributed by atoms with van der Waals surface area (Å²) >= 11 is 1.46. The summed E-state index contributed by atoms with van der Waals surface area (Å²) in [5.74, 6) is 0.576. The largest absolute Gasteiger partial charge is 0.475 e. The van der Waals surface area contributed by atoms with Crippen molar-refractivity contribution in [2.75, 3.05) is 39.3 Å². The topological polar surface area (TPSA) is 71.5 Å². The van der Waals surface area contributed by atoms with Gasteiger partial charge in [0.05, 0.1) is 15.9 Å². The van der Waals surface area contributed by atoms with E-state index in [1.54, 1.807) is 0 Å². The van der Waals surface area contributed by atoms with Gasteiger partial charge in [-0.05, 0) is 25.1 Å². The lowest BCUT2D eigenvalue weighted by atomic mass is 10.3. The molecular weight excluding hydrogens is 362 g/mol. The Kier molecular flexibility index (Phi) is 5.26. The highest BCUT2D eigenvalue weighted by Gasteiger charge is 2.24. The van der Waals surface area contributed by atoms with Crippen molar-refractivity contribution in [2.45, 2.75) is 6.92 Å². The molecule has 3 aromatic rings. The first-order chi connectivity index (χ1) is 13.2. The fraction of sp³-hybridized carbons (Fsp3) is 0.368. The van der Waals surface area contributed by atoms with E-state index in [0.29, 0.717) is 30.6 Å². The molecule has 0 N–H and O–H groups in total. The molecule has 0 bridgehead atoms. The Morgan fingerprint density at radius 1 is 1.11 bits per heavy atom. The number of aryl methyl sites for hydroxylation is 1. The molecule has 27 heavy (non-hydrogen) atoms. The number of fused-ring (bicyclic) bond motifs is 1. The van der Waals surface area contributed by atoms with Crippen molar-refractivity contribution >= 4 is 27.5 Å². The Morgan fingerprint density at radius 2 is 1.93 bits per heavy atom. The van der Waals surface area contributed by atoms with Gasteiger partial charge in [0.2, 0.25) is 5.88 Å². The molecule has 7 nitrogen and oxygen atoms in total. The molecule has 0 aliphatic carbocycles. The number of hydrogen-bond donors (Lipinski definition) is 0. The van der Waals surface area contributed by atoms with Gasteiger partial charge in [0, 0.05) is 38.8 Å². The van der Waals surface area contributed by atoms with E-state index in [9.17, 15) is 4.79 Å². The predicted molar refractivity (Wildman–Crippen MR) is 104 cm³/mol. The van der Waals surface area contributed by atoms with Crippen LogP contribution in [0.2, 0.25) is 0 Å². The fourth-order valence-electron chi connectivity index (χ4n) is 3.02. The monoisotopic (exact) mass is 383 g/mol. The third kappa shape index (κ3) is 4.23. The second-order valence-electron chi connectivity index (χ2n) is 6.48. The maximum absolute atomic E-state index is 12.7. The Morgan fingerprint density at radius 3 is 2.67 bits per heavy atom. The second kappa shape index (κ2) is 7.98. The van der Waals surface area contributed by atoms with Crippen LogP contribution in [-0.4, -0.2) is 70.2 Å². The lowest BCUT2D eigenvalue weighted by Crippen LogP contribution is -2.49. The summed E-state index contributed by atoms with van der Waals surface area (Å²) in [7, 11) is 0. The van der Waals surface area contributed by atoms with E-state index in [-0.39, 0.29) is 5.91 Å². The van der Waals surface area contributed by atoms with Gasteiger partial charge >= 0.3 is 0 Å². The molecule has 1 fully saturated rings. The number of carbonyl (C=O) groups is 1. The quantitative estimate of drug-likeness (QED) is 0.673. The summed E-state index contributed by atoms with van der Waals surface area (Å²) in [5, 5.41) is 8.55. The molecule has 1 aliphatic heterocycles. The first-order valence-electron chi connectivity index (χ1n) is 8.99. The summed E-state index contributed by atoms with van der Waals surface area (Å²) < 4.78 is 6.69. The molecule has 1 amide bonds. The van der Waals surface area contributed by atoms with Gasteiger partial charge in [-0.25, -0.2) is 4.98 Å². The van der Waals surface area contributed by atoms with Crippen LogP contribution in [0.1, 0.15) is 15.5 Å². The molecule has 0 unspecified atom stereocenters. The summed E-state index contributed by atoms with van der Waals surface area (Å²) in [6, 6.07) is 11.6. The number of aromatic nitrogens is 3. The zero-order chi connectivity index (χ0) is 18.6. The Labute approximate surface area is 161 Å². The standard InChI is InChI=1S/C19H21N5O2S/c1-14-6-7-17(22-21-14)26-13-12-23-8-10-24(11-9-23)19(25)18-20-15-4-2-3-5-16(15)27-18/h2-7H,8-13H2,1H3. The number of nitrogens with zero attached hydrogens (tertiary/aromatic N) is 5. The number of benzene rings is 1. The van der Waals surface area contributed by atoms with Gasteiger partial charge in [-0.2, -0.15) is 5.10 Å². The van der Waals surface area contributed by atoms with Crippen LogP contribution in [0.25, 0.3) is 10.2 Å². The molecule has 0 atom stereocenters. The van der Waals surface area contributed by atoms with E-state index in [4.69, 9.17) is 4.74 Å². The zero-order valence-corrected chi connectivity index (χ0v) is 16.0. The van der Waals surface area contributed by atoms with Crippen molar-refractivity contribution < 1.29 is 9.53 Å². The van der Waals surface area contributed by atoms with Crippen molar-refractivity contribution in [1.82, 2.24) is 25.0 Å². The summed E-state index contributed by atoms with van der Waals surface area (Å²) in [6.45, 7) is 6.34. The highest BCUT2D eigenvalue weighted by Crippen LogP contribution is 2.23. The number of ether oxygens (including phenoxy) is 1. The van der Waals surface area contributed by atoms with Crippen LogP contribution in [-0.2, 0) is 0 Å². The van der Waals surface area contributed by atoms with E-state index in [1.165, 1.54) is 11.3 Å². The number of amides is 1. The van der Waals surface area contributed by atoms with Gasteiger partial charge in [-0.3, -0.25) is 9.69 Å². The van der Waals surface area contributed by atoms with Crippen LogP contribution in [0.5, 0.6) is 5.88 Å². The Hall–Kier alpha value is -2.58. The number of carbonyl (C=O) groups excluding carboxylic acids is 1. The number of piperazine rings is 1. The van der Waals surface area contributed by atoms with E-state index in [1.807, 2.05) is 48.2 Å². The lowest BCUT2D eigenvalue weighted by Gasteiger charge is -2.34. The van der Waals surface area contributed by atoms with Gasteiger partial charge in [-0.1, -0.05) is 12.1 Å². The summed E-state index contributed by atoms with van der Waals surface area (Å²) in [4.78, 5) is 21.4. The number of thiazole rings is 1. The van der Waals surface area contributed by atoms with Crippen LogP contribution < -0.4 is 4.74 Å². The first kappa shape index (κ1) is 17.8. The van der Waals surface area contributed by atoms with Crippen molar-refractivity contribution in [3.05, 3.63) is 47.1 Å². The van der Waals surface area contributed by atoms with Crippen molar-refractivity contribution in [1.29, 1.82) is 0 Å². The van der Waals surface area contributed by atoms with Crippen molar-refractivity contribution in [2.24, 2.45) is 0 Å². The van der Waals surface area contributed by atoms with Gasteiger partial charge in [0.25, 0.3) is 5.91 Å². The van der Waals surface area contributed by atoms with E-state index in [2.05, 4.69) is 20.1 Å². The molecule has 2 aromatic heterocycles. The van der Waals surface area contributed by atoms with Crippen LogP contribution in [0.4, 0.5) is 0 Å². The lowest BCUT2D eigenvalue weighted by molar-refractivity contribution is 0.0619. The number of rotatable bonds is 5. The zero-order valence-electron chi connectivity index (χ0n) is 15.2. The highest BCUT2D eigenvalue weighted by molar-refractivity contribution is 7.20. The molecule has 4 rings (SSSR count). The maximum atomic E-state index is 12.7. The first-order valence-corrected chi connectivity index (χ1v) is 9.81. The van der Waals surface area contributed by atoms with Gasteiger partial charge in [0.1, 0.15) is 6.61 Å². The van der Waals surface area contributed by atoms with E-state index < -0.39 is 0 Å². The molecule has 1 saturated heterocycles. The fourth-order valence-corrected chi connectivity index (χ4v) is 3.95. The van der Waals surface area contributed by atoms with Gasteiger partial charge < -0.3 is 9.64 Å². The van der Waals surface area contributed by atoms with E-state index in [0.717, 1.165) is 35.5 Å². The molecule has 0 spiro atoms. The molecule has 0 saturated carbocycles. The van der Waals surface area contributed by atoms with Crippen molar-refractivity contribution in [3.8, 4) is 5.88 Å². The Bertz CT molecular complexity index is 886. The van der Waals surface area contributed by atoms with Gasteiger partial charge in [0.15, 0.2) is 5.01 Å². The summed E-state index contributed by atoms with van der Waals surface area (Å²) in [6.07, 6.45) is 0. The average molecular weight is 383 g/mol. The van der Waals surface area contributed by atoms with Crippen molar-refractivity contribution in [3.63, 3.8) is 0 Å². The number of para-hydroxylation sites is 1. The predicted octanol–water partition coefficient (Wildman–Crippen LogP) is 2.23. The SMILES string of the molecule is Cc1ccc(OCCN2CCN(C(=O)c3nc4ccccc4s3)CC2)nn1. The van der Waals surface area contributed by atoms with Crippen LogP contribution in [0.3, 0.4) is 0 Å². The minimum atomic E-state index is 0.0297. The molecule has 1 aliphatic rings. The minimum Gasteiger partial charge on any atom is -0.475 e. The molecule has 1 aromatic carbocycles. The molecule has 8 heteroatoms. The van der Waals surface area contributed by atoms with E-state index >= 15 is 0 Å². The normalized spacial score (nSPS) is 15.2. The second-order valence-corrected chi connectivity index (χ2v) is 7.51. The summed E-state index contributed by atoms with van der Waals surface area (Å²) in [5.41, 5.74) is 1.76. The smallest absolute Gasteiger partial charge is 0.282 e. The van der Waals surface area contributed by atoms with Crippen LogP contribution in [0, 0.1) is 6.92 Å². The van der Waals surface area contributed by atoms with Crippen LogP contribution in [0.15, 0.2) is 36.4 Å². The minimum absolute atomic E-state index is 0.0297. The maximum Gasteiger partial charge on any atom is 0.282 e. The third-order valence-electron chi connectivity index (χ3n) is 4.57. The number of hydrogen-bond acceptors (Lipinski definition) is 7.